The molecular weight excluding hydrogens is 1840 g/mol. The van der Waals surface area contributed by atoms with Crippen LogP contribution in [0.25, 0.3) is 0 Å². The molecule has 792 valence electrons. The first-order valence-electron chi connectivity index (χ1n) is 48.7. The summed E-state index contributed by atoms with van der Waals surface area (Å²) in [5.41, 5.74) is -7.66. The minimum atomic E-state index is -2.26. The molecule has 17 unspecified atom stereocenters. The van der Waals surface area contributed by atoms with E-state index in [0.29, 0.717) is 57.8 Å². The fourth-order valence-corrected chi connectivity index (χ4v) is 24.3. The molecule has 51 atom stereocenters. The second kappa shape index (κ2) is 44.1. The standard InChI is InChI=1S/C93H150O45/c1-14-37(4)48(126-55(102)27-42(98)26-49(38(5)15-2)128-81-63(110)58(105)47(16-3)127-81)25-41(97)28-56(103)131-70-40(7)125-83(74(66(70)113)136-80-65(112)61(108)69(39(6)124-80)132-79-68(115)71(46(100)33-122-79)133-85-76(116)92(120,35-96)36-123-85)138-86(119)93-24-23-87(8,9)29-44(93)43-17-18-52-88(10)21-20-54(89(11,34-95)51(88)19-22-90(52,12)91(43,13)30-53(93)101)130-84-75(137-82-64(111)60(107)59(106)50(31-94)129-82)72(67(114)73(135-84)77(117)118)134-78-62(109)57(104)45(99)32-121-78/h17,34,37-42,44-54,57-76,78-85,94,96-101,104-116,120H,14-16,18-33,35-36H2,1-13H3,(H,117,118)/t37-,38-,39?,40?,41-,42-,44?,45+,46?,47-,48-,49-,50?,51?,52?,53+,54-,57-,58?,59-,60-,61?,62?,63?,64?,65-,66?,67-,68?,69-,70+,71-,72-,73?,74+,75?,76?,78-,79-,80-,81-,82-,83-,84+,85-,88-,89-,90+,91+,92+,93+/m0/s1. The third kappa shape index (κ3) is 21.4. The number of ether oxygens (including phenoxy) is 18. The normalized spacial score (nSPS) is 48.7. The highest BCUT2D eigenvalue weighted by molar-refractivity contribution is 5.80. The highest BCUT2D eigenvalue weighted by atomic mass is 16.8. The third-order valence-electron chi connectivity index (χ3n) is 33.5. The van der Waals surface area contributed by atoms with Gasteiger partial charge in [0.2, 0.25) is 6.29 Å². The molecule has 0 amide bonds. The lowest BCUT2D eigenvalue weighted by Crippen LogP contribution is -2.69. The van der Waals surface area contributed by atoms with Crippen molar-refractivity contribution < 1.29 is 222 Å². The predicted molar refractivity (Wildman–Crippen MR) is 461 cm³/mol. The zero-order chi connectivity index (χ0) is 101. The molecule has 5 aliphatic carbocycles. The number of aliphatic hydroxyl groups excluding tert-OH is 20. The molecule has 0 radical (unpaired) electrons. The molecule has 138 heavy (non-hydrogen) atoms. The zero-order valence-electron chi connectivity index (χ0n) is 80.2. The van der Waals surface area contributed by atoms with Gasteiger partial charge in [-0.1, -0.05) is 101 Å². The van der Waals surface area contributed by atoms with Crippen molar-refractivity contribution in [1.29, 1.82) is 0 Å². The Morgan fingerprint density at radius 2 is 1.08 bits per heavy atom. The predicted octanol–water partition coefficient (Wildman–Crippen LogP) is -4.27. The van der Waals surface area contributed by atoms with Gasteiger partial charge in [0.05, 0.1) is 100 Å². The van der Waals surface area contributed by atoms with Crippen LogP contribution in [0.3, 0.4) is 0 Å². The molecule has 8 aliphatic heterocycles. The number of carboxylic acids is 1. The van der Waals surface area contributed by atoms with Crippen molar-refractivity contribution in [1.82, 2.24) is 0 Å². The molecule has 0 aromatic heterocycles. The van der Waals surface area contributed by atoms with Crippen molar-refractivity contribution in [2.45, 2.75) is 444 Å². The maximum absolute atomic E-state index is 16.4. The number of aliphatic hydroxyl groups is 21. The van der Waals surface area contributed by atoms with Crippen molar-refractivity contribution in [3.05, 3.63) is 11.6 Å². The van der Waals surface area contributed by atoms with Crippen LogP contribution in [0.1, 0.15) is 193 Å². The van der Waals surface area contributed by atoms with Gasteiger partial charge >= 0.3 is 23.9 Å². The molecule has 45 nitrogen and oxygen atoms in total. The molecule has 45 heteroatoms. The van der Waals surface area contributed by atoms with Crippen LogP contribution in [0.15, 0.2) is 11.6 Å². The van der Waals surface area contributed by atoms with Gasteiger partial charge < -0.3 is 202 Å². The summed E-state index contributed by atoms with van der Waals surface area (Å²) in [6, 6.07) is 0. The quantitative estimate of drug-likeness (QED) is 0.00939. The van der Waals surface area contributed by atoms with Gasteiger partial charge in [-0.15, -0.1) is 0 Å². The van der Waals surface area contributed by atoms with Gasteiger partial charge in [0, 0.05) is 12.8 Å². The van der Waals surface area contributed by atoms with Gasteiger partial charge in [-0.3, -0.25) is 14.4 Å². The van der Waals surface area contributed by atoms with Crippen molar-refractivity contribution in [3.8, 4) is 0 Å². The van der Waals surface area contributed by atoms with E-state index in [9.17, 15) is 132 Å². The Balaban J connectivity index is 0.748. The maximum Gasteiger partial charge on any atom is 0.335 e. The fraction of sp³-hybridized carbons (Fsp3) is 0.925. The minimum absolute atomic E-state index is 0.0186. The second-order valence-electron chi connectivity index (χ2n) is 42.8. The summed E-state index contributed by atoms with van der Waals surface area (Å²) in [6.07, 6.45) is -64.5. The number of esters is 3. The number of aliphatic carboxylic acids is 1. The topological polar surface area (TPSA) is 697 Å². The first-order valence-corrected chi connectivity index (χ1v) is 48.7. The first-order chi connectivity index (χ1) is 64.8. The SMILES string of the molecule is CC[C@@H]1O[C@@H](O[C@@H](C[C@H](O)CC(=O)O[C@@H](C[C@H](O)CC(=O)O[C@@H]2C(C)O[C@@H](OC(=O)[C@]34CCC(C)(C)CC3C3=CCC5[C@@]6(C)CC[C@H](O[C@@H]7OC(C(=O)O)[C@@H](O)[C@H](O[C@@H]8OC[C@@H](O)[C@H](O)C8O)C7O[C@@H]7OC(CO)[C@H](O)[C@H](O)C7O)[C@@](C)(C=O)C6CC[C@@]5(C)[C@]3(C)C[C@H]4O)[C@H](O[C@@H]3OC(C)[C@H](O[C@@H]4OCC(O)[C@H](O[C@@H]5OC[C@](O)(CO)C5O)C4O)C(O)[C@@H]3O)C2O)[C@@H](C)CC)[C@@H](C)CC)C(O)C1O. The van der Waals surface area contributed by atoms with E-state index in [1.165, 1.54) is 13.8 Å². The Hall–Kier alpha value is -4.15. The molecule has 13 aliphatic rings. The van der Waals surface area contributed by atoms with E-state index in [1.54, 1.807) is 27.7 Å². The Bertz CT molecular complexity index is 4100. The largest absolute Gasteiger partial charge is 0.479 e. The number of carbonyl (C=O) groups excluding carboxylic acids is 4. The van der Waals surface area contributed by atoms with Crippen LogP contribution in [0.4, 0.5) is 0 Å². The summed E-state index contributed by atoms with van der Waals surface area (Å²) < 4.78 is 109. The van der Waals surface area contributed by atoms with Crippen LogP contribution < -0.4 is 0 Å². The van der Waals surface area contributed by atoms with Crippen molar-refractivity contribution >= 4 is 30.2 Å². The molecule has 8 saturated heterocycles. The van der Waals surface area contributed by atoms with E-state index in [1.807, 2.05) is 27.7 Å². The summed E-state index contributed by atoms with van der Waals surface area (Å²) in [6.45, 7) is 20.1. The Kier molecular flexibility index (Phi) is 35.5. The van der Waals surface area contributed by atoms with Gasteiger partial charge in [-0.2, -0.15) is 0 Å². The smallest absolute Gasteiger partial charge is 0.335 e. The van der Waals surface area contributed by atoms with Crippen LogP contribution in [0, 0.1) is 62.1 Å². The lowest BCUT2D eigenvalue weighted by molar-refractivity contribution is -0.391. The van der Waals surface area contributed by atoms with Gasteiger partial charge in [0.1, 0.15) is 145 Å². The lowest BCUT2D eigenvalue weighted by Gasteiger charge is -2.71. The molecule has 0 spiro atoms. The number of aldehydes is 1. The summed E-state index contributed by atoms with van der Waals surface area (Å²) in [5, 5.41) is 247. The number of fused-ring (bicyclic) bond motifs is 7. The highest BCUT2D eigenvalue weighted by Crippen LogP contribution is 2.76. The molecular formula is C93H150O45. The van der Waals surface area contributed by atoms with Gasteiger partial charge in [0.25, 0.3) is 0 Å². The summed E-state index contributed by atoms with van der Waals surface area (Å²) in [4.78, 5) is 72.1. The monoisotopic (exact) mass is 1990 g/mol. The number of hydrogen-bond donors (Lipinski definition) is 22. The number of carboxylic acid groups (broad SMARTS) is 1. The highest BCUT2D eigenvalue weighted by Gasteiger charge is 2.74. The summed E-state index contributed by atoms with van der Waals surface area (Å²) in [5.74, 6) is -7.09. The average Bonchev–Trinajstić information content (AvgIpc) is 0.692. The van der Waals surface area contributed by atoms with Crippen molar-refractivity contribution in [3.63, 3.8) is 0 Å². The molecule has 4 saturated carbocycles. The Morgan fingerprint density at radius 3 is 1.71 bits per heavy atom. The fourth-order valence-electron chi connectivity index (χ4n) is 24.3. The molecule has 0 bridgehead atoms. The van der Waals surface area contributed by atoms with E-state index in [2.05, 4.69) is 26.8 Å². The Morgan fingerprint density at radius 1 is 0.514 bits per heavy atom. The number of hydrogen-bond acceptors (Lipinski definition) is 44. The van der Waals surface area contributed by atoms with Crippen molar-refractivity contribution in [2.24, 2.45) is 62.1 Å². The van der Waals surface area contributed by atoms with E-state index >= 15 is 4.79 Å². The van der Waals surface area contributed by atoms with E-state index in [0.717, 1.165) is 11.9 Å². The second-order valence-corrected chi connectivity index (χ2v) is 42.8. The number of rotatable bonds is 35. The molecule has 12 fully saturated rings. The van der Waals surface area contributed by atoms with Gasteiger partial charge in [-0.05, 0) is 129 Å². The minimum Gasteiger partial charge on any atom is -0.479 e. The molecule has 22 N–H and O–H groups in total. The Labute approximate surface area is 799 Å². The van der Waals surface area contributed by atoms with Crippen LogP contribution in [-0.4, -0.2) is 427 Å². The van der Waals surface area contributed by atoms with E-state index in [-0.39, 0.29) is 43.9 Å². The third-order valence-corrected chi connectivity index (χ3v) is 33.5. The average molecular weight is 1990 g/mol. The van der Waals surface area contributed by atoms with E-state index < -0.39 is 371 Å². The van der Waals surface area contributed by atoms with Crippen LogP contribution in [0.2, 0.25) is 0 Å². The van der Waals surface area contributed by atoms with E-state index in [4.69, 9.17) is 85.3 Å². The lowest BCUT2D eigenvalue weighted by atomic mass is 9.33. The number of allylic oxidation sites excluding steroid dienone is 2. The van der Waals surface area contributed by atoms with Crippen LogP contribution in [0.5, 0.6) is 0 Å². The molecule has 0 aromatic rings. The van der Waals surface area contributed by atoms with Gasteiger partial charge in [-0.25, -0.2) is 4.79 Å². The number of carbonyl (C=O) groups is 5. The van der Waals surface area contributed by atoms with Gasteiger partial charge in [0.15, 0.2) is 62.3 Å². The van der Waals surface area contributed by atoms with Crippen LogP contribution in [-0.2, 0) is 109 Å². The first kappa shape index (κ1) is 111. The molecule has 8 heterocycles. The van der Waals surface area contributed by atoms with Crippen molar-refractivity contribution in [2.75, 3.05) is 33.0 Å². The molecule has 13 rings (SSSR count). The summed E-state index contributed by atoms with van der Waals surface area (Å²) in [7, 11) is 0. The summed E-state index contributed by atoms with van der Waals surface area (Å²) >= 11 is 0. The molecule has 0 aromatic carbocycles. The van der Waals surface area contributed by atoms with Crippen LogP contribution >= 0.6 is 0 Å². The maximum atomic E-state index is 16.4. The zero-order valence-corrected chi connectivity index (χ0v) is 80.2.